The monoisotopic (exact) mass is 365 g/mol. The van der Waals surface area contributed by atoms with E-state index in [4.69, 9.17) is 0 Å². The molecule has 0 radical (unpaired) electrons. The lowest BCUT2D eigenvalue weighted by Crippen LogP contribution is -2.57. The van der Waals surface area contributed by atoms with Crippen molar-refractivity contribution in [3.05, 3.63) is 24.6 Å². The number of allylic oxidation sites excluding steroid dienone is 2. The van der Waals surface area contributed by atoms with Crippen LogP contribution in [0.4, 0.5) is 0 Å². The number of hydrogen-bond acceptors (Lipinski definition) is 2. The van der Waals surface area contributed by atoms with Gasteiger partial charge in [-0.15, -0.1) is 0 Å². The van der Waals surface area contributed by atoms with Crippen molar-refractivity contribution >= 4 is 0 Å². The van der Waals surface area contributed by atoms with E-state index in [1.165, 1.54) is 70.6 Å². The van der Waals surface area contributed by atoms with E-state index >= 15 is 0 Å². The molecular weight excluding hydrogens is 320 g/mol. The van der Waals surface area contributed by atoms with Gasteiger partial charge in [-0.05, 0) is 32.6 Å². The van der Waals surface area contributed by atoms with Gasteiger partial charge >= 0.3 is 0 Å². The summed E-state index contributed by atoms with van der Waals surface area (Å²) in [5.74, 6) is 0. The molecule has 1 aliphatic rings. The fourth-order valence-electron chi connectivity index (χ4n) is 4.07. The summed E-state index contributed by atoms with van der Waals surface area (Å²) in [6, 6.07) is 0. The number of nitrogens with one attached hydrogen (secondary N) is 1. The van der Waals surface area contributed by atoms with Gasteiger partial charge in [-0.2, -0.15) is 0 Å². The molecule has 1 rings (SSSR count). The molecule has 0 saturated heterocycles. The first-order valence-corrected chi connectivity index (χ1v) is 11.3. The Kier molecular flexibility index (Phi) is 12.8. The molecule has 3 unspecified atom stereocenters. The minimum atomic E-state index is -0.349. The third-order valence-corrected chi connectivity index (χ3v) is 5.95. The summed E-state index contributed by atoms with van der Waals surface area (Å²) in [7, 11) is 0. The first-order chi connectivity index (χ1) is 12.7. The van der Waals surface area contributed by atoms with Crippen LogP contribution >= 0.6 is 0 Å². The average Bonchev–Trinajstić information content (AvgIpc) is 3.06. The topological polar surface area (TPSA) is 32.3 Å². The minimum Gasteiger partial charge on any atom is -0.345 e. The molecule has 0 saturated carbocycles. The van der Waals surface area contributed by atoms with Gasteiger partial charge in [-0.1, -0.05) is 70.4 Å². The Bertz CT molecular complexity index is 392. The molecule has 3 atom stereocenters. The molecule has 0 aromatic carbocycles. The first kappa shape index (κ1) is 23.2. The third kappa shape index (κ3) is 8.26. The second-order valence-corrected chi connectivity index (χ2v) is 7.96. The molecule has 0 aromatic rings. The van der Waals surface area contributed by atoms with E-state index < -0.39 is 0 Å². The van der Waals surface area contributed by atoms with Crippen LogP contribution in [0.1, 0.15) is 104 Å². The van der Waals surface area contributed by atoms with Crippen molar-refractivity contribution in [2.75, 3.05) is 6.54 Å². The molecule has 0 amide bonds. The van der Waals surface area contributed by atoms with Crippen LogP contribution in [0, 0.1) is 0 Å². The number of aliphatic hydroxyl groups is 1. The molecule has 0 bridgehead atoms. The highest BCUT2D eigenvalue weighted by molar-refractivity contribution is 4.86. The molecule has 0 aromatic heterocycles. The van der Waals surface area contributed by atoms with E-state index in [-0.39, 0.29) is 6.23 Å². The highest BCUT2D eigenvalue weighted by atomic mass is 16.3. The van der Waals surface area contributed by atoms with Crippen LogP contribution in [-0.2, 0) is 0 Å². The molecule has 1 heterocycles. The summed E-state index contributed by atoms with van der Waals surface area (Å²) in [5.41, 5.74) is 0. The maximum Gasteiger partial charge on any atom is 0.193 e. The van der Waals surface area contributed by atoms with Crippen LogP contribution in [0.3, 0.4) is 0 Å². The zero-order chi connectivity index (χ0) is 19.1. The molecule has 0 aliphatic carbocycles. The van der Waals surface area contributed by atoms with Crippen LogP contribution in [0.15, 0.2) is 24.6 Å². The Morgan fingerprint density at radius 1 is 0.923 bits per heavy atom. The van der Waals surface area contributed by atoms with Crippen molar-refractivity contribution in [1.29, 1.82) is 0 Å². The predicted octanol–water partition coefficient (Wildman–Crippen LogP) is 6.21. The van der Waals surface area contributed by atoms with Crippen molar-refractivity contribution in [3.8, 4) is 0 Å². The van der Waals surface area contributed by atoms with E-state index in [0.717, 1.165) is 19.4 Å². The van der Waals surface area contributed by atoms with Gasteiger partial charge in [-0.25, -0.2) is 0 Å². The van der Waals surface area contributed by atoms with Gasteiger partial charge in [0.15, 0.2) is 12.4 Å². The molecular formula is C23H45N2O+. The second kappa shape index (κ2) is 14.3. The van der Waals surface area contributed by atoms with Gasteiger partial charge < -0.3 is 10.4 Å². The minimum absolute atomic E-state index is 0.325. The Morgan fingerprint density at radius 3 is 2.08 bits per heavy atom. The third-order valence-electron chi connectivity index (χ3n) is 5.95. The zero-order valence-corrected chi connectivity index (χ0v) is 17.8. The molecule has 1 aliphatic heterocycles. The SMILES string of the molecule is CCCCCCCCCCC/C=C/CCCC1NC=C[N+]1(CC)C(C)O. The van der Waals surface area contributed by atoms with Gasteiger partial charge in [0, 0.05) is 13.3 Å². The van der Waals surface area contributed by atoms with Crippen molar-refractivity contribution in [3.63, 3.8) is 0 Å². The fraction of sp³-hybridized carbons (Fsp3) is 0.826. The van der Waals surface area contributed by atoms with Crippen LogP contribution < -0.4 is 5.32 Å². The normalized spacial score (nSPS) is 23.6. The maximum atomic E-state index is 10.2. The van der Waals surface area contributed by atoms with Crippen LogP contribution in [0.5, 0.6) is 0 Å². The van der Waals surface area contributed by atoms with E-state index in [2.05, 4.69) is 37.5 Å². The molecule has 0 spiro atoms. The lowest BCUT2D eigenvalue weighted by atomic mass is 10.1. The maximum absolute atomic E-state index is 10.2. The fourth-order valence-corrected chi connectivity index (χ4v) is 4.07. The lowest BCUT2D eigenvalue weighted by molar-refractivity contribution is -0.942. The summed E-state index contributed by atoms with van der Waals surface area (Å²) < 4.78 is 0.655. The quantitative estimate of drug-likeness (QED) is 0.194. The van der Waals surface area contributed by atoms with Gasteiger partial charge in [0.1, 0.15) is 6.20 Å². The van der Waals surface area contributed by atoms with E-state index in [0.29, 0.717) is 10.6 Å². The number of quaternary nitrogens is 1. The Balaban J connectivity index is 1.98. The van der Waals surface area contributed by atoms with Crippen molar-refractivity contribution in [2.24, 2.45) is 0 Å². The largest absolute Gasteiger partial charge is 0.345 e. The Morgan fingerprint density at radius 2 is 1.50 bits per heavy atom. The summed E-state index contributed by atoms with van der Waals surface area (Å²) in [4.78, 5) is 0. The summed E-state index contributed by atoms with van der Waals surface area (Å²) in [6.45, 7) is 7.27. The zero-order valence-electron chi connectivity index (χ0n) is 17.8. The van der Waals surface area contributed by atoms with E-state index in [9.17, 15) is 5.11 Å². The molecule has 26 heavy (non-hydrogen) atoms. The van der Waals surface area contributed by atoms with Gasteiger partial charge in [0.25, 0.3) is 0 Å². The Labute approximate surface area is 163 Å². The predicted molar refractivity (Wildman–Crippen MR) is 113 cm³/mol. The molecule has 2 N–H and O–H groups in total. The van der Waals surface area contributed by atoms with Gasteiger partial charge in [-0.3, -0.25) is 4.48 Å². The molecule has 152 valence electrons. The molecule has 0 fully saturated rings. The smallest absolute Gasteiger partial charge is 0.193 e. The van der Waals surface area contributed by atoms with Crippen molar-refractivity contribution in [1.82, 2.24) is 5.32 Å². The number of rotatable bonds is 16. The van der Waals surface area contributed by atoms with E-state index in [1.807, 2.05) is 13.1 Å². The molecule has 3 nitrogen and oxygen atoms in total. The number of nitrogens with zero attached hydrogens (tertiary/aromatic N) is 1. The first-order valence-electron chi connectivity index (χ1n) is 11.3. The highest BCUT2D eigenvalue weighted by Crippen LogP contribution is 2.25. The van der Waals surface area contributed by atoms with Crippen LogP contribution in [0.25, 0.3) is 0 Å². The summed E-state index contributed by atoms with van der Waals surface area (Å²) in [6.07, 6.45) is 26.2. The number of unbranched alkanes of at least 4 members (excludes halogenated alkanes) is 10. The van der Waals surface area contributed by atoms with Crippen molar-refractivity contribution < 1.29 is 9.59 Å². The molecule has 3 heteroatoms. The standard InChI is InChI=1S/C23H45N2O/c1-4-6-7-8-9-10-11-12-13-14-15-16-17-18-19-23-24-20-21-25(23,5-2)22(3)26/h15-16,20-24,26H,4-14,17-19H2,1-3H3/q+1/b16-15+. The summed E-state index contributed by atoms with van der Waals surface area (Å²) in [5, 5.41) is 13.6. The lowest BCUT2D eigenvalue weighted by Gasteiger charge is -2.39. The Hall–Kier alpha value is -0.800. The van der Waals surface area contributed by atoms with E-state index in [1.54, 1.807) is 0 Å². The highest BCUT2D eigenvalue weighted by Gasteiger charge is 2.40. The van der Waals surface area contributed by atoms with Crippen molar-refractivity contribution in [2.45, 2.75) is 117 Å². The number of aliphatic hydroxyl groups excluding tert-OH is 1. The van der Waals surface area contributed by atoms with Gasteiger partial charge in [0.05, 0.1) is 12.7 Å². The summed E-state index contributed by atoms with van der Waals surface area (Å²) >= 11 is 0. The van der Waals surface area contributed by atoms with Crippen LogP contribution in [0.2, 0.25) is 0 Å². The average molecular weight is 366 g/mol. The van der Waals surface area contributed by atoms with Crippen LogP contribution in [-0.4, -0.2) is 28.5 Å². The van der Waals surface area contributed by atoms with Gasteiger partial charge in [0.2, 0.25) is 0 Å². The number of hydrogen-bond donors (Lipinski definition) is 2. The second-order valence-electron chi connectivity index (χ2n) is 7.96.